The molecule has 0 spiro atoms. The van der Waals surface area contributed by atoms with Gasteiger partial charge in [0.15, 0.2) is 17.7 Å². The van der Waals surface area contributed by atoms with Crippen LogP contribution in [0, 0.1) is 11.8 Å². The van der Waals surface area contributed by atoms with Crippen molar-refractivity contribution in [2.24, 2.45) is 0 Å². The molecule has 0 aliphatic carbocycles. The first-order valence-electron chi connectivity index (χ1n) is 11.5. The monoisotopic (exact) mass is 492 g/mol. The Morgan fingerprint density at radius 2 is 2.03 bits per heavy atom. The van der Waals surface area contributed by atoms with Gasteiger partial charge in [-0.25, -0.2) is 15.0 Å². The van der Waals surface area contributed by atoms with Crippen LogP contribution in [0.15, 0.2) is 24.5 Å². The minimum absolute atomic E-state index is 0.0624. The molecule has 2 aliphatic heterocycles. The van der Waals surface area contributed by atoms with E-state index in [0.29, 0.717) is 23.1 Å². The van der Waals surface area contributed by atoms with Crippen molar-refractivity contribution in [3.8, 4) is 11.8 Å². The number of nitrogens with one attached hydrogen (secondary N) is 1. The maximum absolute atomic E-state index is 12.4. The second-order valence-corrected chi connectivity index (χ2v) is 8.65. The van der Waals surface area contributed by atoms with Gasteiger partial charge in [-0.1, -0.05) is 31.4 Å². The lowest BCUT2D eigenvalue weighted by atomic mass is 9.89. The Balaban J connectivity index is 1.53. The van der Waals surface area contributed by atoms with Crippen LogP contribution in [0.2, 0.25) is 0 Å². The first-order chi connectivity index (χ1) is 17.3. The van der Waals surface area contributed by atoms with Gasteiger partial charge in [0, 0.05) is 5.92 Å². The zero-order chi connectivity index (χ0) is 25.6. The third-order valence-electron chi connectivity index (χ3n) is 6.35. The normalized spacial score (nSPS) is 23.9. The van der Waals surface area contributed by atoms with E-state index in [1.165, 1.54) is 10.9 Å². The fraction of sp³-hybridized carbons (Fsp3) is 0.375. The summed E-state index contributed by atoms with van der Waals surface area (Å²) in [7, 11) is 0. The van der Waals surface area contributed by atoms with Gasteiger partial charge in [0.25, 0.3) is 11.8 Å². The maximum atomic E-state index is 12.4. The highest BCUT2D eigenvalue weighted by atomic mass is 16.6. The summed E-state index contributed by atoms with van der Waals surface area (Å²) >= 11 is 0. The molecule has 6 N–H and O–H groups in total. The van der Waals surface area contributed by atoms with Crippen LogP contribution in [-0.2, 0) is 4.74 Å². The number of aliphatic hydroxyl groups is 3. The molecule has 0 saturated carbocycles. The zero-order valence-corrected chi connectivity index (χ0v) is 19.3. The summed E-state index contributed by atoms with van der Waals surface area (Å²) in [6, 6.07) is 5.10. The number of benzene rings is 1. The number of rotatable bonds is 5. The molecule has 5 rings (SSSR count). The molecule has 3 aromatic rings. The highest BCUT2D eigenvalue weighted by molar-refractivity contribution is 6.22. The van der Waals surface area contributed by atoms with Crippen molar-refractivity contribution >= 4 is 28.8 Å². The number of imidazole rings is 1. The van der Waals surface area contributed by atoms with Crippen LogP contribution in [0.5, 0.6) is 0 Å². The summed E-state index contributed by atoms with van der Waals surface area (Å²) in [5, 5.41) is 32.2. The molecule has 2 aromatic heterocycles. The summed E-state index contributed by atoms with van der Waals surface area (Å²) < 4.78 is 7.00. The Kier molecular flexibility index (Phi) is 6.15. The Morgan fingerprint density at radius 1 is 1.22 bits per heavy atom. The van der Waals surface area contributed by atoms with E-state index in [2.05, 4.69) is 32.1 Å². The lowest BCUT2D eigenvalue weighted by Crippen LogP contribution is -2.33. The second-order valence-electron chi connectivity index (χ2n) is 8.65. The van der Waals surface area contributed by atoms with Gasteiger partial charge >= 0.3 is 0 Å². The number of nitrogens with zero attached hydrogens (tertiary/aromatic N) is 4. The number of anilines is 1. The van der Waals surface area contributed by atoms with Crippen LogP contribution in [-0.4, -0.2) is 71.6 Å². The number of carbonyl (C=O) groups is 2. The second kappa shape index (κ2) is 9.29. The largest absolute Gasteiger partial charge is 0.394 e. The number of fused-ring (bicyclic) bond motifs is 2. The van der Waals surface area contributed by atoms with E-state index in [-0.39, 0.29) is 28.7 Å². The molecule has 36 heavy (non-hydrogen) atoms. The molecule has 1 saturated heterocycles. The summed E-state index contributed by atoms with van der Waals surface area (Å²) in [5.41, 5.74) is 7.89. The van der Waals surface area contributed by atoms with Gasteiger partial charge in [0.05, 0.1) is 24.1 Å². The van der Waals surface area contributed by atoms with Crippen LogP contribution in [0.3, 0.4) is 0 Å². The molecule has 1 unspecified atom stereocenters. The van der Waals surface area contributed by atoms with Crippen LogP contribution < -0.4 is 11.1 Å². The lowest BCUT2D eigenvalue weighted by Gasteiger charge is -2.16. The van der Waals surface area contributed by atoms with Gasteiger partial charge in [-0.15, -0.1) is 0 Å². The number of aliphatic hydroxyl groups excluding tert-OH is 3. The van der Waals surface area contributed by atoms with Crippen molar-refractivity contribution in [2.45, 2.75) is 50.2 Å². The van der Waals surface area contributed by atoms with E-state index in [1.54, 1.807) is 18.2 Å². The van der Waals surface area contributed by atoms with Crippen molar-refractivity contribution in [1.82, 2.24) is 24.8 Å². The number of hydrogen-bond donors (Lipinski definition) is 5. The van der Waals surface area contributed by atoms with E-state index in [9.17, 15) is 24.9 Å². The molecule has 12 heteroatoms. The smallest absolute Gasteiger partial charge is 0.259 e. The molecule has 4 heterocycles. The summed E-state index contributed by atoms with van der Waals surface area (Å²) in [4.78, 5) is 37.3. The SMILES string of the molecule is CCCC(C#Cc1nc(N)c2ncn([C@@H]3O[C@H](CO)[C@@H](O)[C@H]3O)c2n1)c1cccc2c1C(=O)NC2=O. The number of nitrogens with two attached hydrogens (primary N) is 1. The number of amides is 2. The number of aromatic nitrogens is 4. The molecule has 186 valence electrons. The zero-order valence-electron chi connectivity index (χ0n) is 19.3. The van der Waals surface area contributed by atoms with Gasteiger partial charge < -0.3 is 25.8 Å². The highest BCUT2D eigenvalue weighted by Gasteiger charge is 2.44. The molecular weight excluding hydrogens is 468 g/mol. The van der Waals surface area contributed by atoms with E-state index in [4.69, 9.17) is 10.5 Å². The topological polar surface area (TPSA) is 186 Å². The minimum Gasteiger partial charge on any atom is -0.394 e. The Labute approximate surface area is 205 Å². The molecule has 1 fully saturated rings. The van der Waals surface area contributed by atoms with Gasteiger partial charge in [-0.2, -0.15) is 0 Å². The van der Waals surface area contributed by atoms with Gasteiger partial charge in [0.2, 0.25) is 5.82 Å². The quantitative estimate of drug-likeness (QED) is 0.237. The molecule has 0 radical (unpaired) electrons. The molecule has 5 atom stereocenters. The molecule has 1 aromatic carbocycles. The Morgan fingerprint density at radius 3 is 2.75 bits per heavy atom. The number of imide groups is 1. The standard InChI is InChI=1S/C24H24N6O6/c1-2-4-11(12-5-3-6-13-16(12)23(35)29-22(13)34)7-8-15-27-20(25)17-21(28-15)30(10-26-17)24-19(33)18(32)14(9-31)36-24/h3,5-6,10-11,14,18-19,24,31-33H,2,4,9H2,1H3,(H2,25,27,28)(H,29,34,35)/t11?,14-,18-,19-,24-/m1/s1. The van der Waals surface area contributed by atoms with Gasteiger partial charge in [-0.05, 0) is 24.0 Å². The fourth-order valence-corrected chi connectivity index (χ4v) is 4.57. The summed E-state index contributed by atoms with van der Waals surface area (Å²) in [6.07, 6.45) is -1.87. The first kappa shape index (κ1) is 23.8. The predicted molar refractivity (Wildman–Crippen MR) is 126 cm³/mol. The lowest BCUT2D eigenvalue weighted by molar-refractivity contribution is -0.0511. The molecule has 12 nitrogen and oxygen atoms in total. The van der Waals surface area contributed by atoms with E-state index < -0.39 is 43.0 Å². The van der Waals surface area contributed by atoms with Crippen molar-refractivity contribution in [3.63, 3.8) is 0 Å². The number of hydrogen-bond acceptors (Lipinski definition) is 10. The number of ether oxygens (including phenoxy) is 1. The first-order valence-corrected chi connectivity index (χ1v) is 11.5. The molecular formula is C24H24N6O6. The highest BCUT2D eigenvalue weighted by Crippen LogP contribution is 2.32. The van der Waals surface area contributed by atoms with E-state index in [0.717, 1.165) is 6.42 Å². The van der Waals surface area contributed by atoms with Crippen LogP contribution >= 0.6 is 0 Å². The van der Waals surface area contributed by atoms with Crippen molar-refractivity contribution in [2.75, 3.05) is 12.3 Å². The summed E-state index contributed by atoms with van der Waals surface area (Å²) in [6.45, 7) is 1.52. The maximum Gasteiger partial charge on any atom is 0.259 e. The molecule has 0 bridgehead atoms. The molecule has 2 aliphatic rings. The predicted octanol–water partition coefficient (Wildman–Crippen LogP) is -0.161. The number of carbonyl (C=O) groups excluding carboxylic acids is 2. The van der Waals surface area contributed by atoms with Crippen molar-refractivity contribution in [3.05, 3.63) is 47.0 Å². The Hall–Kier alpha value is -3.89. The van der Waals surface area contributed by atoms with Crippen molar-refractivity contribution < 1.29 is 29.6 Å². The average molecular weight is 492 g/mol. The van der Waals surface area contributed by atoms with Crippen LogP contribution in [0.25, 0.3) is 11.2 Å². The third-order valence-corrected chi connectivity index (χ3v) is 6.35. The fourth-order valence-electron chi connectivity index (χ4n) is 4.57. The third kappa shape index (κ3) is 3.88. The minimum atomic E-state index is -1.33. The van der Waals surface area contributed by atoms with E-state index >= 15 is 0 Å². The van der Waals surface area contributed by atoms with E-state index in [1.807, 2.05) is 6.92 Å². The van der Waals surface area contributed by atoms with Crippen LogP contribution in [0.4, 0.5) is 5.82 Å². The van der Waals surface area contributed by atoms with Crippen LogP contribution in [0.1, 0.15) is 64.0 Å². The Bertz CT molecular complexity index is 1430. The van der Waals surface area contributed by atoms with Gasteiger partial charge in [-0.3, -0.25) is 19.5 Å². The summed E-state index contributed by atoms with van der Waals surface area (Å²) in [5.74, 6) is 4.94. The average Bonchev–Trinajstić information content (AvgIpc) is 3.51. The number of nitrogen functional groups attached to an aromatic ring is 1. The van der Waals surface area contributed by atoms with Gasteiger partial charge in [0.1, 0.15) is 23.8 Å². The van der Waals surface area contributed by atoms with Crippen molar-refractivity contribution in [1.29, 1.82) is 0 Å². The molecule has 2 amide bonds.